The summed E-state index contributed by atoms with van der Waals surface area (Å²) >= 11 is 1.50. The topological polar surface area (TPSA) is 80.0 Å². The number of ether oxygens (including phenoxy) is 1. The van der Waals surface area contributed by atoms with Gasteiger partial charge < -0.3 is 19.2 Å². The van der Waals surface area contributed by atoms with Gasteiger partial charge in [0.15, 0.2) is 0 Å². The van der Waals surface area contributed by atoms with Crippen molar-refractivity contribution < 1.29 is 23.8 Å². The number of amides is 1. The molecule has 0 saturated carbocycles. The van der Waals surface area contributed by atoms with Gasteiger partial charge in [0.2, 0.25) is 0 Å². The van der Waals surface area contributed by atoms with Crippen LogP contribution < -0.4 is 4.74 Å². The van der Waals surface area contributed by atoms with E-state index in [4.69, 9.17) is 9.15 Å². The van der Waals surface area contributed by atoms with Gasteiger partial charge in [0, 0.05) is 16.0 Å². The zero-order valence-electron chi connectivity index (χ0n) is 18.4. The van der Waals surface area contributed by atoms with E-state index in [0.29, 0.717) is 17.1 Å². The maximum Gasteiger partial charge on any atom is 0.296 e. The quantitative estimate of drug-likeness (QED) is 0.325. The number of likely N-dealkylation sites (tertiary alicyclic amines) is 1. The predicted octanol–water partition coefficient (Wildman–Crippen LogP) is 5.27. The van der Waals surface area contributed by atoms with Crippen molar-refractivity contribution in [2.45, 2.75) is 38.8 Å². The molecule has 1 amide bonds. The van der Waals surface area contributed by atoms with Gasteiger partial charge in [0.1, 0.15) is 23.3 Å². The molecule has 0 bridgehead atoms. The first-order valence-electron chi connectivity index (χ1n) is 10.3. The van der Waals surface area contributed by atoms with E-state index in [1.807, 2.05) is 38.3 Å². The molecule has 1 fully saturated rings. The van der Waals surface area contributed by atoms with E-state index in [9.17, 15) is 14.7 Å². The number of ketones is 1. The van der Waals surface area contributed by atoms with Crippen LogP contribution in [0, 0.1) is 0 Å². The normalized spacial score (nSPS) is 18.4. The van der Waals surface area contributed by atoms with E-state index in [0.717, 1.165) is 10.4 Å². The summed E-state index contributed by atoms with van der Waals surface area (Å²) in [4.78, 5) is 28.5. The highest BCUT2D eigenvalue weighted by atomic mass is 32.1. The molecule has 1 atom stereocenters. The lowest BCUT2D eigenvalue weighted by molar-refractivity contribution is -0.140. The molecule has 0 aliphatic carbocycles. The molecule has 1 unspecified atom stereocenters. The van der Waals surface area contributed by atoms with E-state index in [2.05, 4.69) is 0 Å². The van der Waals surface area contributed by atoms with Gasteiger partial charge in [0.05, 0.1) is 25.5 Å². The second-order valence-corrected chi connectivity index (χ2v) is 9.72. The number of hydrogen-bond donors (Lipinski definition) is 1. The Morgan fingerprint density at radius 3 is 2.56 bits per heavy atom. The third kappa shape index (κ3) is 3.84. The number of rotatable bonds is 5. The molecule has 6 nitrogen and oxygen atoms in total. The highest BCUT2D eigenvalue weighted by molar-refractivity contribution is 7.09. The van der Waals surface area contributed by atoms with Crippen LogP contribution in [0.1, 0.15) is 48.6 Å². The molecule has 4 rings (SSSR count). The third-order valence-corrected chi connectivity index (χ3v) is 6.40. The maximum absolute atomic E-state index is 13.1. The fourth-order valence-corrected chi connectivity index (χ4v) is 4.66. The molecule has 3 aromatic rings. The van der Waals surface area contributed by atoms with Crippen LogP contribution in [0.3, 0.4) is 0 Å². The van der Waals surface area contributed by atoms with Crippen LogP contribution in [0.5, 0.6) is 5.75 Å². The van der Waals surface area contributed by atoms with Crippen molar-refractivity contribution in [1.82, 2.24) is 4.90 Å². The summed E-state index contributed by atoms with van der Waals surface area (Å²) in [6, 6.07) is 11.7. The van der Waals surface area contributed by atoms with Crippen LogP contribution in [-0.4, -0.2) is 28.8 Å². The minimum Gasteiger partial charge on any atom is -0.507 e. The second kappa shape index (κ2) is 8.31. The minimum absolute atomic E-state index is 0.0199. The molecule has 2 aromatic heterocycles. The zero-order valence-corrected chi connectivity index (χ0v) is 19.2. The average Bonchev–Trinajstić information content (AvgIpc) is 3.51. The van der Waals surface area contributed by atoms with E-state index >= 15 is 0 Å². The van der Waals surface area contributed by atoms with Crippen molar-refractivity contribution in [1.29, 1.82) is 0 Å². The number of Topliss-reactive ketones (excluding diaryl/α,β-unsaturated/α-hetero) is 1. The fraction of sp³-hybridized carbons (Fsp3) is 0.280. The van der Waals surface area contributed by atoms with Crippen molar-refractivity contribution in [2.75, 3.05) is 7.11 Å². The number of aliphatic hydroxyl groups excluding tert-OH is 1. The number of aliphatic hydroxyl groups is 1. The summed E-state index contributed by atoms with van der Waals surface area (Å²) in [6.45, 7) is 6.37. The summed E-state index contributed by atoms with van der Waals surface area (Å²) in [6.07, 6.45) is 1.49. The van der Waals surface area contributed by atoms with E-state index in [-0.39, 0.29) is 23.3 Å². The molecule has 1 saturated heterocycles. The van der Waals surface area contributed by atoms with Gasteiger partial charge >= 0.3 is 0 Å². The molecule has 1 aliphatic heterocycles. The number of carbonyl (C=O) groups excluding carboxylic acids is 2. The van der Waals surface area contributed by atoms with Crippen molar-refractivity contribution in [2.24, 2.45) is 0 Å². The van der Waals surface area contributed by atoms with Crippen LogP contribution >= 0.6 is 11.3 Å². The van der Waals surface area contributed by atoms with Crippen LogP contribution in [0.4, 0.5) is 0 Å². The highest BCUT2D eigenvalue weighted by Crippen LogP contribution is 2.42. The number of thiophene rings is 1. The lowest BCUT2D eigenvalue weighted by atomic mass is 9.84. The van der Waals surface area contributed by atoms with Crippen molar-refractivity contribution in [3.8, 4) is 5.75 Å². The van der Waals surface area contributed by atoms with E-state index in [1.165, 1.54) is 22.5 Å². The Morgan fingerprint density at radius 1 is 1.19 bits per heavy atom. The van der Waals surface area contributed by atoms with Gasteiger partial charge in [-0.3, -0.25) is 9.59 Å². The molecule has 7 heteroatoms. The van der Waals surface area contributed by atoms with Crippen LogP contribution in [0.2, 0.25) is 0 Å². The molecular weight excluding hydrogens is 426 g/mol. The van der Waals surface area contributed by atoms with Gasteiger partial charge in [0.25, 0.3) is 11.7 Å². The summed E-state index contributed by atoms with van der Waals surface area (Å²) in [5.41, 5.74) is 1.09. The number of nitrogens with zero attached hydrogens (tertiary/aromatic N) is 1. The standard InChI is InChI=1S/C25H25NO5S/c1-25(2,3)17-13-15(9-10-18(17)30-4)22(27)20-21(19-8-5-11-31-19)26(24(29)23(20)28)14-16-7-6-12-32-16/h5-13,21,27H,14H2,1-4H3/b22-20-. The van der Waals surface area contributed by atoms with Crippen LogP contribution in [-0.2, 0) is 21.5 Å². The Balaban J connectivity index is 1.86. The second-order valence-electron chi connectivity index (χ2n) is 8.69. The summed E-state index contributed by atoms with van der Waals surface area (Å²) < 4.78 is 11.1. The monoisotopic (exact) mass is 451 g/mol. The first kappa shape index (κ1) is 21.9. The molecule has 3 heterocycles. The Labute approximate surface area is 190 Å². The number of carbonyl (C=O) groups is 2. The summed E-state index contributed by atoms with van der Waals surface area (Å²) in [7, 11) is 1.59. The van der Waals surface area contributed by atoms with Gasteiger partial charge in [-0.15, -0.1) is 11.3 Å². The fourth-order valence-electron chi connectivity index (χ4n) is 3.95. The van der Waals surface area contributed by atoms with E-state index < -0.39 is 17.7 Å². The Kier molecular flexibility index (Phi) is 5.69. The highest BCUT2D eigenvalue weighted by Gasteiger charge is 2.47. The van der Waals surface area contributed by atoms with E-state index in [1.54, 1.807) is 37.4 Å². The molecule has 166 valence electrons. The summed E-state index contributed by atoms with van der Waals surface area (Å²) in [5.74, 6) is -0.507. The van der Waals surface area contributed by atoms with Gasteiger partial charge in [-0.2, -0.15) is 0 Å². The van der Waals surface area contributed by atoms with Crippen LogP contribution in [0.15, 0.2) is 64.1 Å². The molecule has 0 radical (unpaired) electrons. The first-order chi connectivity index (χ1) is 15.2. The Morgan fingerprint density at radius 2 is 1.97 bits per heavy atom. The number of benzene rings is 1. The number of furan rings is 1. The SMILES string of the molecule is COc1ccc(/C(O)=C2/C(=O)C(=O)N(Cc3cccs3)C2c2ccco2)cc1C(C)(C)C. The van der Waals surface area contributed by atoms with Gasteiger partial charge in [-0.25, -0.2) is 0 Å². The van der Waals surface area contributed by atoms with Crippen molar-refractivity contribution in [3.05, 3.63) is 81.4 Å². The molecule has 0 spiro atoms. The molecule has 1 aliphatic rings. The summed E-state index contributed by atoms with van der Waals surface area (Å²) in [5, 5.41) is 13.2. The molecule has 1 N–H and O–H groups in total. The molecular formula is C25H25NO5S. The van der Waals surface area contributed by atoms with Crippen molar-refractivity contribution in [3.63, 3.8) is 0 Å². The lowest BCUT2D eigenvalue weighted by Crippen LogP contribution is -2.28. The van der Waals surface area contributed by atoms with Crippen LogP contribution in [0.25, 0.3) is 5.76 Å². The maximum atomic E-state index is 13.1. The largest absolute Gasteiger partial charge is 0.507 e. The van der Waals surface area contributed by atoms with Gasteiger partial charge in [-0.05, 0) is 47.2 Å². The first-order valence-corrected chi connectivity index (χ1v) is 11.1. The number of hydrogen-bond acceptors (Lipinski definition) is 6. The smallest absolute Gasteiger partial charge is 0.296 e. The molecule has 32 heavy (non-hydrogen) atoms. The molecule has 1 aromatic carbocycles. The predicted molar refractivity (Wildman–Crippen MR) is 123 cm³/mol. The third-order valence-electron chi connectivity index (χ3n) is 5.54. The minimum atomic E-state index is -0.813. The average molecular weight is 452 g/mol. The lowest BCUT2D eigenvalue weighted by Gasteiger charge is -2.24. The van der Waals surface area contributed by atoms with Crippen molar-refractivity contribution >= 4 is 28.8 Å². The Hall–Kier alpha value is -3.32. The number of methoxy groups -OCH3 is 1. The Bertz CT molecular complexity index is 1170. The zero-order chi connectivity index (χ0) is 23.0. The van der Waals surface area contributed by atoms with Gasteiger partial charge in [-0.1, -0.05) is 26.8 Å².